The third-order valence-corrected chi connectivity index (χ3v) is 6.76. The quantitative estimate of drug-likeness (QED) is 0.191. The normalized spacial score (nSPS) is 16.5. The van der Waals surface area contributed by atoms with Crippen LogP contribution in [0.5, 0.6) is 5.75 Å². The minimum Gasteiger partial charge on any atom is -0.507 e. The van der Waals surface area contributed by atoms with Crippen LogP contribution < -0.4 is 4.74 Å². The SMILES string of the molecule is COC(=O)c1ccc([C@H]2/C(=C(\O)c3ccc(OCc4ccccc4C)cc3)C(=O)C(=O)N2CCN(C)C)cc1. The zero-order valence-electron chi connectivity index (χ0n) is 22.5. The molecule has 4 rings (SSSR count). The Morgan fingerprint density at radius 1 is 0.949 bits per heavy atom. The van der Waals surface area contributed by atoms with E-state index in [1.807, 2.05) is 50.2 Å². The summed E-state index contributed by atoms with van der Waals surface area (Å²) in [5.74, 6) is -1.59. The summed E-state index contributed by atoms with van der Waals surface area (Å²) < 4.78 is 10.7. The van der Waals surface area contributed by atoms with Crippen molar-refractivity contribution in [2.45, 2.75) is 19.6 Å². The van der Waals surface area contributed by atoms with E-state index in [0.717, 1.165) is 11.1 Å². The van der Waals surface area contributed by atoms with Gasteiger partial charge < -0.3 is 24.4 Å². The first-order chi connectivity index (χ1) is 18.7. The first-order valence-corrected chi connectivity index (χ1v) is 12.6. The fraction of sp³-hybridized carbons (Fsp3) is 0.258. The summed E-state index contributed by atoms with van der Waals surface area (Å²) in [6, 6.07) is 20.4. The summed E-state index contributed by atoms with van der Waals surface area (Å²) in [6.45, 7) is 3.23. The Balaban J connectivity index is 1.66. The molecule has 1 N–H and O–H groups in total. The van der Waals surface area contributed by atoms with Crippen molar-refractivity contribution in [3.05, 3.63) is 106 Å². The molecule has 39 heavy (non-hydrogen) atoms. The molecular weight excluding hydrogens is 496 g/mol. The Morgan fingerprint density at radius 2 is 1.59 bits per heavy atom. The number of carbonyl (C=O) groups is 3. The highest BCUT2D eigenvalue weighted by atomic mass is 16.5. The van der Waals surface area contributed by atoms with Crippen LogP contribution in [0.4, 0.5) is 0 Å². The highest BCUT2D eigenvalue weighted by Crippen LogP contribution is 2.39. The lowest BCUT2D eigenvalue weighted by molar-refractivity contribution is -0.140. The Morgan fingerprint density at radius 3 is 2.21 bits per heavy atom. The van der Waals surface area contributed by atoms with Crippen LogP contribution in [0.1, 0.15) is 38.7 Å². The van der Waals surface area contributed by atoms with E-state index >= 15 is 0 Å². The molecule has 0 saturated carbocycles. The zero-order chi connectivity index (χ0) is 28.1. The number of benzene rings is 3. The molecule has 1 amide bonds. The second-order valence-electron chi connectivity index (χ2n) is 9.65. The lowest BCUT2D eigenvalue weighted by Gasteiger charge is -2.26. The first-order valence-electron chi connectivity index (χ1n) is 12.6. The van der Waals surface area contributed by atoms with Gasteiger partial charge in [-0.05, 0) is 74.1 Å². The van der Waals surface area contributed by atoms with Crippen LogP contribution in [-0.2, 0) is 20.9 Å². The molecule has 0 aromatic heterocycles. The van der Waals surface area contributed by atoms with Crippen LogP contribution in [0.15, 0.2) is 78.4 Å². The number of nitrogens with zero attached hydrogens (tertiary/aromatic N) is 2. The summed E-state index contributed by atoms with van der Waals surface area (Å²) in [7, 11) is 5.05. The van der Waals surface area contributed by atoms with E-state index in [1.54, 1.807) is 48.5 Å². The van der Waals surface area contributed by atoms with E-state index in [-0.39, 0.29) is 17.9 Å². The number of ether oxygens (including phenoxy) is 2. The molecule has 3 aromatic rings. The average Bonchev–Trinajstić information content (AvgIpc) is 3.20. The number of esters is 1. The van der Waals surface area contributed by atoms with Crippen LogP contribution in [0, 0.1) is 6.92 Å². The maximum Gasteiger partial charge on any atom is 0.337 e. The fourth-order valence-corrected chi connectivity index (χ4v) is 4.48. The van der Waals surface area contributed by atoms with E-state index in [1.165, 1.54) is 12.0 Å². The molecule has 0 unspecified atom stereocenters. The van der Waals surface area contributed by atoms with Crippen LogP contribution >= 0.6 is 0 Å². The predicted molar refractivity (Wildman–Crippen MR) is 147 cm³/mol. The van der Waals surface area contributed by atoms with Crippen molar-refractivity contribution < 1.29 is 29.0 Å². The van der Waals surface area contributed by atoms with Gasteiger partial charge in [-0.3, -0.25) is 9.59 Å². The van der Waals surface area contributed by atoms with E-state index in [2.05, 4.69) is 0 Å². The monoisotopic (exact) mass is 528 g/mol. The lowest BCUT2D eigenvalue weighted by Crippen LogP contribution is -2.35. The number of aliphatic hydroxyl groups is 1. The number of methoxy groups -OCH3 is 1. The van der Waals surface area contributed by atoms with Crippen molar-refractivity contribution in [1.29, 1.82) is 0 Å². The number of aliphatic hydroxyl groups excluding tert-OH is 1. The van der Waals surface area contributed by atoms with Gasteiger partial charge >= 0.3 is 5.97 Å². The summed E-state index contributed by atoms with van der Waals surface area (Å²) in [5, 5.41) is 11.3. The van der Waals surface area contributed by atoms with Crippen LogP contribution in [0.3, 0.4) is 0 Å². The minimum absolute atomic E-state index is 0.00171. The maximum absolute atomic E-state index is 13.2. The van der Waals surface area contributed by atoms with Gasteiger partial charge in [-0.1, -0.05) is 36.4 Å². The number of amides is 1. The van der Waals surface area contributed by atoms with Gasteiger partial charge in [0.2, 0.25) is 0 Å². The van der Waals surface area contributed by atoms with Gasteiger partial charge in [-0.2, -0.15) is 0 Å². The number of hydrogen-bond donors (Lipinski definition) is 1. The van der Waals surface area contributed by atoms with E-state index in [0.29, 0.717) is 35.6 Å². The number of rotatable bonds is 9. The molecule has 1 aliphatic rings. The number of ketones is 1. The summed E-state index contributed by atoms with van der Waals surface area (Å²) >= 11 is 0. The third-order valence-electron chi connectivity index (χ3n) is 6.76. The smallest absolute Gasteiger partial charge is 0.337 e. The Labute approximate surface area is 228 Å². The molecule has 0 bridgehead atoms. The van der Waals surface area contributed by atoms with Gasteiger partial charge in [0.05, 0.1) is 24.3 Å². The molecule has 1 aliphatic heterocycles. The van der Waals surface area contributed by atoms with Gasteiger partial charge in [0, 0.05) is 18.7 Å². The first kappa shape index (κ1) is 27.6. The number of hydrogen-bond acceptors (Lipinski definition) is 7. The summed E-state index contributed by atoms with van der Waals surface area (Å²) in [5.41, 5.74) is 3.53. The molecule has 1 heterocycles. The molecular formula is C31H32N2O6. The molecule has 3 aromatic carbocycles. The Kier molecular flexibility index (Phi) is 8.46. The van der Waals surface area contributed by atoms with Gasteiger partial charge in [0.25, 0.3) is 11.7 Å². The number of aryl methyl sites for hydroxylation is 1. The van der Waals surface area contributed by atoms with Crippen molar-refractivity contribution in [2.75, 3.05) is 34.3 Å². The highest BCUT2D eigenvalue weighted by molar-refractivity contribution is 6.46. The van der Waals surface area contributed by atoms with Crippen molar-refractivity contribution >= 4 is 23.4 Å². The molecule has 8 heteroatoms. The van der Waals surface area contributed by atoms with Crippen molar-refractivity contribution in [3.63, 3.8) is 0 Å². The second kappa shape index (κ2) is 12.0. The fourth-order valence-electron chi connectivity index (χ4n) is 4.48. The minimum atomic E-state index is -0.811. The topological polar surface area (TPSA) is 96.4 Å². The zero-order valence-corrected chi connectivity index (χ0v) is 22.5. The van der Waals surface area contributed by atoms with E-state index in [4.69, 9.17) is 9.47 Å². The van der Waals surface area contributed by atoms with E-state index in [9.17, 15) is 19.5 Å². The maximum atomic E-state index is 13.2. The molecule has 0 spiro atoms. The lowest BCUT2D eigenvalue weighted by atomic mass is 9.94. The third kappa shape index (κ3) is 6.02. The number of Topliss-reactive ketones (excluding diaryl/α,β-unsaturated/α-hetero) is 1. The van der Waals surface area contributed by atoms with Crippen LogP contribution in [-0.4, -0.2) is 66.9 Å². The molecule has 0 aliphatic carbocycles. The standard InChI is InChI=1S/C31H32N2O6/c1-20-7-5-6-8-24(20)19-39-25-15-13-22(14-16-25)28(34)26-27(21-9-11-23(12-10-21)31(37)38-4)33(18-17-32(2)3)30(36)29(26)35/h5-16,27,34H,17-19H2,1-4H3/b28-26+/t27-/m0/s1. The largest absolute Gasteiger partial charge is 0.507 e. The van der Waals surface area contributed by atoms with E-state index < -0.39 is 23.7 Å². The molecule has 1 atom stereocenters. The number of carbonyl (C=O) groups excluding carboxylic acids is 3. The number of likely N-dealkylation sites (tertiary alicyclic amines) is 1. The number of likely N-dealkylation sites (N-methyl/N-ethyl adjacent to an activating group) is 1. The highest BCUT2D eigenvalue weighted by Gasteiger charge is 2.45. The molecule has 1 fully saturated rings. The summed E-state index contributed by atoms with van der Waals surface area (Å²) in [4.78, 5) is 41.6. The van der Waals surface area contributed by atoms with Crippen molar-refractivity contribution in [1.82, 2.24) is 9.80 Å². The Hall–Kier alpha value is -4.43. The van der Waals surface area contributed by atoms with Crippen LogP contribution in [0.2, 0.25) is 0 Å². The average molecular weight is 529 g/mol. The van der Waals surface area contributed by atoms with Gasteiger partial charge in [0.15, 0.2) is 0 Å². The molecule has 0 radical (unpaired) electrons. The van der Waals surface area contributed by atoms with Crippen molar-refractivity contribution in [3.8, 4) is 5.75 Å². The van der Waals surface area contributed by atoms with Gasteiger partial charge in [-0.15, -0.1) is 0 Å². The molecule has 202 valence electrons. The van der Waals surface area contributed by atoms with Crippen LogP contribution in [0.25, 0.3) is 5.76 Å². The van der Waals surface area contributed by atoms with Gasteiger partial charge in [-0.25, -0.2) is 4.79 Å². The summed E-state index contributed by atoms with van der Waals surface area (Å²) in [6.07, 6.45) is 0. The molecule has 1 saturated heterocycles. The van der Waals surface area contributed by atoms with Crippen molar-refractivity contribution in [2.24, 2.45) is 0 Å². The predicted octanol–water partition coefficient (Wildman–Crippen LogP) is 4.34. The molecule has 8 nitrogen and oxygen atoms in total. The van der Waals surface area contributed by atoms with Gasteiger partial charge in [0.1, 0.15) is 18.1 Å². The second-order valence-corrected chi connectivity index (χ2v) is 9.65. The Bertz CT molecular complexity index is 1390.